The van der Waals surface area contributed by atoms with Gasteiger partial charge in [0.2, 0.25) is 0 Å². The first-order valence-corrected chi connectivity index (χ1v) is 7.48. The highest BCUT2D eigenvalue weighted by molar-refractivity contribution is 9.10. The van der Waals surface area contributed by atoms with Gasteiger partial charge in [0.15, 0.2) is 0 Å². The van der Waals surface area contributed by atoms with Crippen LogP contribution in [0.1, 0.15) is 18.4 Å². The molecule has 0 unspecified atom stereocenters. The molecular formula is C16H15BrN4. The van der Waals surface area contributed by atoms with Crippen LogP contribution >= 0.6 is 15.9 Å². The minimum Gasteiger partial charge on any atom is -0.330 e. The largest absolute Gasteiger partial charge is 0.330 e. The summed E-state index contributed by atoms with van der Waals surface area (Å²) >= 11 is 3.50. The maximum Gasteiger partial charge on any atom is 0.131 e. The Bertz CT molecular complexity index is 820. The summed E-state index contributed by atoms with van der Waals surface area (Å²) in [6, 6.07) is 12.0. The first-order valence-electron chi connectivity index (χ1n) is 6.69. The average molecular weight is 343 g/mol. The van der Waals surface area contributed by atoms with Gasteiger partial charge in [0.1, 0.15) is 5.82 Å². The molecule has 0 saturated heterocycles. The molecule has 0 saturated carbocycles. The number of aromatic nitrogens is 3. The Morgan fingerprint density at radius 3 is 2.81 bits per heavy atom. The standard InChI is InChI=1S/C16H15BrN4/c1-11(16-12(17)6-5-9-18-16)19-10-15-20-13-7-3-4-8-14(13)21(15)2/h3-9H,10H2,1-2H3. The van der Waals surface area contributed by atoms with Crippen LogP contribution in [0.2, 0.25) is 0 Å². The second kappa shape index (κ2) is 5.77. The van der Waals surface area contributed by atoms with Crippen LogP contribution in [-0.2, 0) is 13.6 Å². The SMILES string of the molecule is CC(=NCc1nc2ccccc2n1C)c1ncccc1Br. The molecule has 0 bridgehead atoms. The lowest BCUT2D eigenvalue weighted by Gasteiger charge is -2.03. The molecule has 1 aromatic carbocycles. The van der Waals surface area contributed by atoms with Gasteiger partial charge in [-0.25, -0.2) is 4.98 Å². The number of aliphatic imine (C=N–C) groups is 1. The summed E-state index contributed by atoms with van der Waals surface area (Å²) < 4.78 is 3.04. The number of halogens is 1. The van der Waals surface area contributed by atoms with Crippen molar-refractivity contribution < 1.29 is 0 Å². The Labute approximate surface area is 131 Å². The Kier molecular flexibility index (Phi) is 3.84. The predicted molar refractivity (Wildman–Crippen MR) is 88.6 cm³/mol. The third kappa shape index (κ3) is 2.74. The Morgan fingerprint density at radius 1 is 1.24 bits per heavy atom. The van der Waals surface area contributed by atoms with E-state index in [0.29, 0.717) is 6.54 Å². The van der Waals surface area contributed by atoms with Crippen molar-refractivity contribution in [2.75, 3.05) is 0 Å². The lowest BCUT2D eigenvalue weighted by atomic mass is 10.2. The van der Waals surface area contributed by atoms with Crippen molar-refractivity contribution in [2.24, 2.45) is 12.0 Å². The number of para-hydroxylation sites is 2. The van der Waals surface area contributed by atoms with Crippen molar-refractivity contribution in [1.82, 2.24) is 14.5 Å². The van der Waals surface area contributed by atoms with E-state index in [-0.39, 0.29) is 0 Å². The van der Waals surface area contributed by atoms with E-state index in [4.69, 9.17) is 0 Å². The van der Waals surface area contributed by atoms with Gasteiger partial charge in [0.05, 0.1) is 29.0 Å². The molecule has 0 radical (unpaired) electrons. The Hall–Kier alpha value is -2.01. The molecule has 2 heterocycles. The maximum absolute atomic E-state index is 4.62. The Morgan fingerprint density at radius 2 is 2.05 bits per heavy atom. The topological polar surface area (TPSA) is 43.1 Å². The zero-order valence-electron chi connectivity index (χ0n) is 11.9. The van der Waals surface area contributed by atoms with Gasteiger partial charge in [-0.05, 0) is 47.1 Å². The minimum absolute atomic E-state index is 0.542. The normalized spacial score (nSPS) is 12.0. The highest BCUT2D eigenvalue weighted by atomic mass is 79.9. The summed E-state index contributed by atoms with van der Waals surface area (Å²) in [5.74, 6) is 0.947. The van der Waals surface area contributed by atoms with E-state index in [1.165, 1.54) is 0 Å². The maximum atomic E-state index is 4.62. The summed E-state index contributed by atoms with van der Waals surface area (Å²) in [5.41, 5.74) is 3.90. The lowest BCUT2D eigenvalue weighted by molar-refractivity contribution is 0.813. The van der Waals surface area contributed by atoms with Crippen LogP contribution in [0.15, 0.2) is 52.1 Å². The van der Waals surface area contributed by atoms with E-state index in [0.717, 1.165) is 32.7 Å². The average Bonchev–Trinajstić information content (AvgIpc) is 2.82. The molecule has 0 aliphatic carbocycles. The number of imidazole rings is 1. The predicted octanol–water partition coefficient (Wildman–Crippen LogP) is 3.74. The number of benzene rings is 1. The summed E-state index contributed by atoms with van der Waals surface area (Å²) in [4.78, 5) is 13.6. The van der Waals surface area contributed by atoms with Gasteiger partial charge >= 0.3 is 0 Å². The molecule has 3 aromatic rings. The molecule has 0 aliphatic heterocycles. The summed E-state index contributed by atoms with van der Waals surface area (Å²) in [6.45, 7) is 2.51. The summed E-state index contributed by atoms with van der Waals surface area (Å²) in [6.07, 6.45) is 1.77. The van der Waals surface area contributed by atoms with Crippen LogP contribution < -0.4 is 0 Å². The van der Waals surface area contributed by atoms with Gasteiger partial charge in [-0.1, -0.05) is 12.1 Å². The molecule has 0 aliphatic rings. The zero-order valence-corrected chi connectivity index (χ0v) is 13.5. The van der Waals surface area contributed by atoms with E-state index in [2.05, 4.69) is 41.5 Å². The number of fused-ring (bicyclic) bond motifs is 1. The highest BCUT2D eigenvalue weighted by Gasteiger charge is 2.08. The lowest BCUT2D eigenvalue weighted by Crippen LogP contribution is -2.02. The van der Waals surface area contributed by atoms with Crippen molar-refractivity contribution >= 4 is 32.7 Å². The number of hydrogen-bond donors (Lipinski definition) is 0. The second-order valence-electron chi connectivity index (χ2n) is 4.81. The van der Waals surface area contributed by atoms with Crippen molar-refractivity contribution in [3.8, 4) is 0 Å². The fourth-order valence-electron chi connectivity index (χ4n) is 2.25. The fraction of sp³-hybridized carbons (Fsp3) is 0.188. The number of hydrogen-bond acceptors (Lipinski definition) is 3. The highest BCUT2D eigenvalue weighted by Crippen LogP contribution is 2.17. The van der Waals surface area contributed by atoms with Crippen molar-refractivity contribution in [3.05, 3.63) is 58.6 Å². The van der Waals surface area contributed by atoms with Gasteiger partial charge in [0.25, 0.3) is 0 Å². The molecule has 2 aromatic heterocycles. The quantitative estimate of drug-likeness (QED) is 0.680. The molecule has 4 nitrogen and oxygen atoms in total. The first-order chi connectivity index (χ1) is 10.2. The van der Waals surface area contributed by atoms with Gasteiger partial charge in [0, 0.05) is 17.7 Å². The van der Waals surface area contributed by atoms with Gasteiger partial charge in [-0.3, -0.25) is 9.98 Å². The van der Waals surface area contributed by atoms with Crippen LogP contribution in [0.5, 0.6) is 0 Å². The van der Waals surface area contributed by atoms with Gasteiger partial charge < -0.3 is 4.57 Å². The zero-order chi connectivity index (χ0) is 14.8. The molecule has 0 amide bonds. The third-order valence-electron chi connectivity index (χ3n) is 3.44. The smallest absolute Gasteiger partial charge is 0.131 e. The molecule has 0 N–H and O–H groups in total. The molecule has 3 rings (SSSR count). The number of aryl methyl sites for hydroxylation is 1. The Balaban J connectivity index is 1.91. The van der Waals surface area contributed by atoms with E-state index in [9.17, 15) is 0 Å². The molecule has 0 atom stereocenters. The number of pyridine rings is 1. The molecule has 106 valence electrons. The van der Waals surface area contributed by atoms with E-state index >= 15 is 0 Å². The summed E-state index contributed by atoms with van der Waals surface area (Å²) in [7, 11) is 2.02. The molecule has 0 fully saturated rings. The van der Waals surface area contributed by atoms with Crippen LogP contribution in [0, 0.1) is 0 Å². The molecular weight excluding hydrogens is 328 g/mol. The van der Waals surface area contributed by atoms with E-state index in [1.54, 1.807) is 6.20 Å². The third-order valence-corrected chi connectivity index (χ3v) is 4.08. The van der Waals surface area contributed by atoms with Crippen LogP contribution in [-0.4, -0.2) is 20.2 Å². The van der Waals surface area contributed by atoms with Crippen LogP contribution in [0.4, 0.5) is 0 Å². The minimum atomic E-state index is 0.542. The van der Waals surface area contributed by atoms with Crippen molar-refractivity contribution in [3.63, 3.8) is 0 Å². The fourth-order valence-corrected chi connectivity index (χ4v) is 2.79. The summed E-state index contributed by atoms with van der Waals surface area (Å²) in [5, 5.41) is 0. The number of rotatable bonds is 3. The first kappa shape index (κ1) is 13.9. The van der Waals surface area contributed by atoms with Gasteiger partial charge in [-0.2, -0.15) is 0 Å². The van der Waals surface area contributed by atoms with Crippen molar-refractivity contribution in [1.29, 1.82) is 0 Å². The number of nitrogens with zero attached hydrogens (tertiary/aromatic N) is 4. The van der Waals surface area contributed by atoms with E-state index in [1.807, 2.05) is 44.3 Å². The van der Waals surface area contributed by atoms with Crippen molar-refractivity contribution in [2.45, 2.75) is 13.5 Å². The molecule has 21 heavy (non-hydrogen) atoms. The van der Waals surface area contributed by atoms with Gasteiger partial charge in [-0.15, -0.1) is 0 Å². The second-order valence-corrected chi connectivity index (χ2v) is 5.67. The molecule has 5 heteroatoms. The van der Waals surface area contributed by atoms with Crippen LogP contribution in [0.25, 0.3) is 11.0 Å². The molecule has 0 spiro atoms. The monoisotopic (exact) mass is 342 g/mol. The van der Waals surface area contributed by atoms with Crippen LogP contribution in [0.3, 0.4) is 0 Å². The van der Waals surface area contributed by atoms with E-state index < -0.39 is 0 Å².